The van der Waals surface area contributed by atoms with Gasteiger partial charge in [-0.25, -0.2) is 9.59 Å². The second-order valence-electron chi connectivity index (χ2n) is 13.7. The van der Waals surface area contributed by atoms with Crippen LogP contribution in [0.25, 0.3) is 27.8 Å². The van der Waals surface area contributed by atoms with Gasteiger partial charge in [0.1, 0.15) is 0 Å². The van der Waals surface area contributed by atoms with Crippen molar-refractivity contribution in [3.05, 3.63) is 170 Å². The predicted molar refractivity (Wildman–Crippen MR) is 189 cm³/mol. The molecule has 0 N–H and O–H groups in total. The second-order valence-corrected chi connectivity index (χ2v) is 13.7. The molecular formula is C44H28O8. The van der Waals surface area contributed by atoms with Crippen molar-refractivity contribution in [2.24, 2.45) is 0 Å². The van der Waals surface area contributed by atoms with Gasteiger partial charge in [0.2, 0.25) is 11.6 Å². The van der Waals surface area contributed by atoms with E-state index in [4.69, 9.17) is 18.9 Å². The molecule has 10 rings (SSSR count). The van der Waals surface area contributed by atoms with Crippen molar-refractivity contribution in [3.8, 4) is 22.3 Å². The summed E-state index contributed by atoms with van der Waals surface area (Å²) in [5.41, 5.74) is 7.78. The molecule has 0 amide bonds. The molecule has 5 aromatic rings. The quantitative estimate of drug-likeness (QED) is 0.144. The smallest absolute Gasteiger partial charge is 0.340 e. The molecule has 0 saturated heterocycles. The molecule has 0 saturated carbocycles. The summed E-state index contributed by atoms with van der Waals surface area (Å²) in [6.07, 6.45) is 0. The lowest BCUT2D eigenvalue weighted by molar-refractivity contribution is -0.119. The summed E-state index contributed by atoms with van der Waals surface area (Å²) in [5.74, 6) is -1.96. The third kappa shape index (κ3) is 3.42. The van der Waals surface area contributed by atoms with Gasteiger partial charge < -0.3 is 18.9 Å². The van der Waals surface area contributed by atoms with E-state index in [9.17, 15) is 19.2 Å². The van der Waals surface area contributed by atoms with Crippen molar-refractivity contribution in [3.63, 3.8) is 0 Å². The summed E-state index contributed by atoms with van der Waals surface area (Å²) >= 11 is 0. The highest BCUT2D eigenvalue weighted by atomic mass is 16.6. The molecule has 8 heteroatoms. The van der Waals surface area contributed by atoms with Gasteiger partial charge in [0.15, 0.2) is 22.7 Å². The Labute approximate surface area is 297 Å². The molecule has 8 nitrogen and oxygen atoms in total. The van der Waals surface area contributed by atoms with Crippen molar-refractivity contribution in [2.45, 2.75) is 25.0 Å². The molecule has 252 valence electrons. The van der Waals surface area contributed by atoms with Crippen LogP contribution < -0.4 is 0 Å². The highest BCUT2D eigenvalue weighted by Gasteiger charge is 2.58. The van der Waals surface area contributed by atoms with Crippen molar-refractivity contribution < 1.29 is 38.1 Å². The molecule has 0 radical (unpaired) electrons. The third-order valence-corrected chi connectivity index (χ3v) is 11.2. The number of ketones is 2. The van der Waals surface area contributed by atoms with Crippen LogP contribution in [-0.2, 0) is 39.7 Å². The Hall–Kier alpha value is -6.54. The molecule has 2 heterocycles. The number of Topliss-reactive ketones (excluding diaryl/α,β-unsaturated/α-hetero) is 2. The minimum Gasteiger partial charge on any atom is -0.492 e. The maximum Gasteiger partial charge on any atom is 0.340 e. The van der Waals surface area contributed by atoms with Crippen molar-refractivity contribution in [2.75, 3.05) is 14.2 Å². The summed E-state index contributed by atoms with van der Waals surface area (Å²) in [5, 5.41) is 0. The molecule has 2 aliphatic heterocycles. The summed E-state index contributed by atoms with van der Waals surface area (Å²) in [6, 6.07) is 30.5. The summed E-state index contributed by atoms with van der Waals surface area (Å²) in [4.78, 5) is 54.6. The lowest BCUT2D eigenvalue weighted by Gasteiger charge is -2.29. The minimum absolute atomic E-state index is 0.0565. The molecule has 2 spiro atoms. The highest BCUT2D eigenvalue weighted by Crippen LogP contribution is 2.63. The molecule has 0 bridgehead atoms. The Kier molecular flexibility index (Phi) is 5.85. The molecule has 0 aromatic heterocycles. The average molecular weight is 685 g/mol. The zero-order valence-electron chi connectivity index (χ0n) is 28.5. The molecule has 5 aromatic carbocycles. The van der Waals surface area contributed by atoms with Crippen molar-refractivity contribution >= 4 is 29.1 Å². The molecule has 3 aliphatic carbocycles. The topological polar surface area (TPSA) is 105 Å². The number of rotatable bonds is 3. The Balaban J connectivity index is 1.28. The van der Waals surface area contributed by atoms with Crippen LogP contribution in [-0.4, -0.2) is 37.7 Å². The predicted octanol–water partition coefficient (Wildman–Crippen LogP) is 7.31. The first kappa shape index (κ1) is 30.3. The van der Waals surface area contributed by atoms with Gasteiger partial charge in [-0.15, -0.1) is 0 Å². The van der Waals surface area contributed by atoms with Crippen LogP contribution in [0.3, 0.4) is 0 Å². The van der Waals surface area contributed by atoms with Gasteiger partial charge in [0.25, 0.3) is 0 Å². The van der Waals surface area contributed by atoms with Gasteiger partial charge >= 0.3 is 11.9 Å². The number of hydrogen-bond acceptors (Lipinski definition) is 8. The van der Waals surface area contributed by atoms with E-state index in [1.165, 1.54) is 21.1 Å². The monoisotopic (exact) mass is 684 g/mol. The van der Waals surface area contributed by atoms with E-state index in [0.717, 1.165) is 50.1 Å². The van der Waals surface area contributed by atoms with Crippen LogP contribution in [0, 0.1) is 6.92 Å². The normalized spacial score (nSPS) is 21.5. The van der Waals surface area contributed by atoms with Crippen LogP contribution in [0.4, 0.5) is 0 Å². The fourth-order valence-electron chi connectivity index (χ4n) is 9.04. The first-order valence-corrected chi connectivity index (χ1v) is 16.9. The average Bonchev–Trinajstić information content (AvgIpc) is 3.81. The largest absolute Gasteiger partial charge is 0.492 e. The number of fused-ring (bicyclic) bond motifs is 14. The zero-order chi connectivity index (χ0) is 35.8. The third-order valence-electron chi connectivity index (χ3n) is 11.2. The van der Waals surface area contributed by atoms with Crippen LogP contribution >= 0.6 is 0 Å². The Morgan fingerprint density at radius 2 is 0.981 bits per heavy atom. The standard InChI is InChI=1S/C44H28O8/c1-21-13-15-24-28-19-35-29(20-34(28)43(32(24)17-21)30-11-7-5-9-26(30)41(47)51-43)25-16-14-23(36-38(46)39(49-3)22(2)37(45)40(36)50-4)18-33(25)44(35)31-12-8-6-10-27(31)42(48)52-44/h5-20H,1-4H3. The maximum atomic E-state index is 13.9. The highest BCUT2D eigenvalue weighted by molar-refractivity contribution is 6.38. The summed E-state index contributed by atoms with van der Waals surface area (Å²) in [7, 11) is 2.71. The lowest BCUT2D eigenvalue weighted by Crippen LogP contribution is -2.28. The van der Waals surface area contributed by atoms with E-state index in [1.54, 1.807) is 30.3 Å². The molecule has 5 aliphatic rings. The van der Waals surface area contributed by atoms with E-state index in [1.807, 2.05) is 55.5 Å². The zero-order valence-corrected chi connectivity index (χ0v) is 28.5. The van der Waals surface area contributed by atoms with Crippen molar-refractivity contribution in [1.82, 2.24) is 0 Å². The number of esters is 2. The van der Waals surface area contributed by atoms with E-state index in [0.29, 0.717) is 27.8 Å². The van der Waals surface area contributed by atoms with Crippen molar-refractivity contribution in [1.29, 1.82) is 0 Å². The minimum atomic E-state index is -1.39. The number of carbonyl (C=O) groups is 4. The number of hydrogen-bond donors (Lipinski definition) is 0. The summed E-state index contributed by atoms with van der Waals surface area (Å²) in [6.45, 7) is 3.54. The number of allylic oxidation sites excluding steroid dienone is 2. The number of ether oxygens (including phenoxy) is 4. The SMILES string of the molecule is COC1=C(C)C(=O)C(OC)=C(c2ccc3c(c2)C2(OC(=O)c4ccccc42)c2cc4c(cc2-3)C2(OC(=O)c3ccccc32)c2cc(C)ccc2-4)C1=O. The van der Waals surface area contributed by atoms with Crippen LogP contribution in [0.2, 0.25) is 0 Å². The number of carbonyl (C=O) groups excluding carboxylic acids is 4. The maximum absolute atomic E-state index is 13.9. The van der Waals surface area contributed by atoms with E-state index in [-0.39, 0.29) is 22.7 Å². The van der Waals surface area contributed by atoms with Gasteiger partial charge in [-0.3, -0.25) is 9.59 Å². The Morgan fingerprint density at radius 3 is 1.54 bits per heavy atom. The molecule has 2 atom stereocenters. The molecule has 2 unspecified atom stereocenters. The second kappa shape index (κ2) is 10.0. The number of benzene rings is 5. The van der Waals surface area contributed by atoms with E-state index >= 15 is 0 Å². The molecule has 52 heavy (non-hydrogen) atoms. The van der Waals surface area contributed by atoms with Crippen LogP contribution in [0.5, 0.6) is 0 Å². The van der Waals surface area contributed by atoms with Gasteiger partial charge in [-0.2, -0.15) is 0 Å². The van der Waals surface area contributed by atoms with Gasteiger partial charge in [-0.05, 0) is 72.0 Å². The Morgan fingerprint density at radius 1 is 0.481 bits per heavy atom. The molecule has 0 fully saturated rings. The first-order chi connectivity index (χ1) is 25.1. The van der Waals surface area contributed by atoms with Gasteiger partial charge in [-0.1, -0.05) is 72.3 Å². The fourth-order valence-corrected chi connectivity index (χ4v) is 9.04. The van der Waals surface area contributed by atoms with Crippen LogP contribution in [0.1, 0.15) is 72.1 Å². The van der Waals surface area contributed by atoms with E-state index in [2.05, 4.69) is 18.2 Å². The first-order valence-electron chi connectivity index (χ1n) is 16.9. The number of methoxy groups -OCH3 is 2. The van der Waals surface area contributed by atoms with E-state index < -0.39 is 34.7 Å². The lowest BCUT2D eigenvalue weighted by atomic mass is 9.80. The number of aryl methyl sites for hydroxylation is 1. The molecular weight excluding hydrogens is 656 g/mol. The van der Waals surface area contributed by atoms with Gasteiger partial charge in [0.05, 0.1) is 30.9 Å². The fraction of sp³-hybridized carbons (Fsp3) is 0.136. The Bertz CT molecular complexity index is 2660. The van der Waals surface area contributed by atoms with Crippen LogP contribution in [0.15, 0.2) is 114 Å². The summed E-state index contributed by atoms with van der Waals surface area (Å²) < 4.78 is 24.0. The van der Waals surface area contributed by atoms with Gasteiger partial charge in [0, 0.05) is 39.0 Å².